The van der Waals surface area contributed by atoms with Gasteiger partial charge in [-0.05, 0) is 42.8 Å². The second kappa shape index (κ2) is 6.58. The van der Waals surface area contributed by atoms with Crippen LogP contribution in [0.5, 0.6) is 0 Å². The van der Waals surface area contributed by atoms with Gasteiger partial charge in [0.15, 0.2) is 5.58 Å². The molecule has 0 aliphatic carbocycles. The van der Waals surface area contributed by atoms with Crippen LogP contribution in [0.2, 0.25) is 0 Å². The Kier molecular flexibility index (Phi) is 4.35. The standard InChI is InChI=1S/C19H20N2O/c1-3-20-13-16-8-10-17-18(12-16)22-19(21-17)11-9-15-6-4-14(2)5-7-15/h4-12,20H,3,13H2,1-2H3/b11-9+. The average Bonchev–Trinajstić information content (AvgIpc) is 2.94. The molecule has 0 atom stereocenters. The van der Waals surface area contributed by atoms with Crippen molar-refractivity contribution in [3.8, 4) is 0 Å². The number of aromatic nitrogens is 1. The second-order valence-electron chi connectivity index (χ2n) is 5.38. The highest BCUT2D eigenvalue weighted by Gasteiger charge is 2.04. The van der Waals surface area contributed by atoms with Gasteiger partial charge in [0.2, 0.25) is 5.89 Å². The van der Waals surface area contributed by atoms with Crippen molar-refractivity contribution in [2.24, 2.45) is 0 Å². The highest BCUT2D eigenvalue weighted by atomic mass is 16.3. The van der Waals surface area contributed by atoms with Gasteiger partial charge >= 0.3 is 0 Å². The summed E-state index contributed by atoms with van der Waals surface area (Å²) in [6.45, 7) is 5.99. The summed E-state index contributed by atoms with van der Waals surface area (Å²) in [5.41, 5.74) is 5.33. The van der Waals surface area contributed by atoms with Gasteiger partial charge in [-0.25, -0.2) is 4.98 Å². The van der Waals surface area contributed by atoms with Crippen molar-refractivity contribution in [2.45, 2.75) is 20.4 Å². The Morgan fingerprint density at radius 2 is 1.91 bits per heavy atom. The summed E-state index contributed by atoms with van der Waals surface area (Å²) < 4.78 is 5.81. The Morgan fingerprint density at radius 1 is 1.09 bits per heavy atom. The van der Waals surface area contributed by atoms with Crippen LogP contribution in [0.3, 0.4) is 0 Å². The lowest BCUT2D eigenvalue weighted by atomic mass is 10.1. The number of nitrogens with zero attached hydrogens (tertiary/aromatic N) is 1. The minimum absolute atomic E-state index is 0.635. The van der Waals surface area contributed by atoms with Gasteiger partial charge in [-0.2, -0.15) is 0 Å². The summed E-state index contributed by atoms with van der Waals surface area (Å²) in [5.74, 6) is 0.635. The van der Waals surface area contributed by atoms with E-state index < -0.39 is 0 Å². The number of benzene rings is 2. The Hall–Kier alpha value is -2.39. The second-order valence-corrected chi connectivity index (χ2v) is 5.38. The van der Waals surface area contributed by atoms with Crippen molar-refractivity contribution >= 4 is 23.3 Å². The van der Waals surface area contributed by atoms with Crippen molar-refractivity contribution in [1.82, 2.24) is 10.3 Å². The zero-order chi connectivity index (χ0) is 15.4. The van der Waals surface area contributed by atoms with Crippen LogP contribution in [0.15, 0.2) is 46.9 Å². The molecule has 0 radical (unpaired) electrons. The van der Waals surface area contributed by atoms with Crippen molar-refractivity contribution in [2.75, 3.05) is 6.54 Å². The molecule has 0 aliphatic rings. The smallest absolute Gasteiger partial charge is 0.220 e. The first kappa shape index (κ1) is 14.5. The first-order valence-electron chi connectivity index (χ1n) is 7.59. The summed E-state index contributed by atoms with van der Waals surface area (Å²) in [6, 6.07) is 14.5. The molecule has 3 heteroatoms. The Balaban J connectivity index is 1.80. The van der Waals surface area contributed by atoms with Crippen LogP contribution >= 0.6 is 0 Å². The summed E-state index contributed by atoms with van der Waals surface area (Å²) in [7, 11) is 0. The van der Waals surface area contributed by atoms with Gasteiger partial charge in [-0.3, -0.25) is 0 Å². The van der Waals surface area contributed by atoms with E-state index in [1.54, 1.807) is 0 Å². The summed E-state index contributed by atoms with van der Waals surface area (Å²) >= 11 is 0. The lowest BCUT2D eigenvalue weighted by molar-refractivity contribution is 0.589. The molecule has 0 bridgehead atoms. The summed E-state index contributed by atoms with van der Waals surface area (Å²) in [4.78, 5) is 4.49. The van der Waals surface area contributed by atoms with Gasteiger partial charge in [0.25, 0.3) is 0 Å². The maximum atomic E-state index is 5.81. The van der Waals surface area contributed by atoms with Crippen molar-refractivity contribution < 1.29 is 4.42 Å². The molecular weight excluding hydrogens is 272 g/mol. The van der Waals surface area contributed by atoms with E-state index in [1.807, 2.05) is 24.3 Å². The predicted octanol–water partition coefficient (Wildman–Crippen LogP) is 4.42. The highest BCUT2D eigenvalue weighted by molar-refractivity contribution is 5.76. The minimum atomic E-state index is 0.635. The molecular formula is C19H20N2O. The summed E-state index contributed by atoms with van der Waals surface area (Å²) in [6.07, 6.45) is 3.93. The normalized spacial score (nSPS) is 11.5. The molecule has 0 aliphatic heterocycles. The van der Waals surface area contributed by atoms with Crippen LogP contribution in [0.4, 0.5) is 0 Å². The first-order chi connectivity index (χ1) is 10.7. The minimum Gasteiger partial charge on any atom is -0.437 e. The number of nitrogens with one attached hydrogen (secondary N) is 1. The van der Waals surface area contributed by atoms with E-state index in [-0.39, 0.29) is 0 Å². The van der Waals surface area contributed by atoms with Crippen LogP contribution in [-0.4, -0.2) is 11.5 Å². The maximum Gasteiger partial charge on any atom is 0.220 e. The third kappa shape index (κ3) is 3.43. The molecule has 0 amide bonds. The summed E-state index contributed by atoms with van der Waals surface area (Å²) in [5, 5.41) is 3.31. The molecule has 0 fully saturated rings. The van der Waals surface area contributed by atoms with Crippen LogP contribution in [-0.2, 0) is 6.54 Å². The van der Waals surface area contributed by atoms with Gasteiger partial charge in [0, 0.05) is 12.6 Å². The van der Waals surface area contributed by atoms with E-state index in [2.05, 4.69) is 54.5 Å². The van der Waals surface area contributed by atoms with Crippen LogP contribution in [0.25, 0.3) is 23.3 Å². The zero-order valence-electron chi connectivity index (χ0n) is 13.0. The van der Waals surface area contributed by atoms with Gasteiger partial charge in [0.05, 0.1) is 0 Å². The molecule has 3 nitrogen and oxygen atoms in total. The predicted molar refractivity (Wildman–Crippen MR) is 91.5 cm³/mol. The number of aryl methyl sites for hydroxylation is 1. The first-order valence-corrected chi connectivity index (χ1v) is 7.59. The molecule has 22 heavy (non-hydrogen) atoms. The quantitative estimate of drug-likeness (QED) is 0.756. The molecule has 3 aromatic rings. The molecule has 2 aromatic carbocycles. The number of hydrogen-bond acceptors (Lipinski definition) is 3. The van der Waals surface area contributed by atoms with E-state index >= 15 is 0 Å². The Labute approximate surface area is 130 Å². The average molecular weight is 292 g/mol. The number of oxazole rings is 1. The largest absolute Gasteiger partial charge is 0.437 e. The monoisotopic (exact) mass is 292 g/mol. The van der Waals surface area contributed by atoms with E-state index in [1.165, 1.54) is 11.1 Å². The van der Waals surface area contributed by atoms with Crippen molar-refractivity contribution in [1.29, 1.82) is 0 Å². The van der Waals surface area contributed by atoms with Crippen molar-refractivity contribution in [3.63, 3.8) is 0 Å². The molecule has 112 valence electrons. The maximum absolute atomic E-state index is 5.81. The highest BCUT2D eigenvalue weighted by Crippen LogP contribution is 2.19. The fraction of sp³-hybridized carbons (Fsp3) is 0.211. The van der Waals surface area contributed by atoms with Gasteiger partial charge in [-0.1, -0.05) is 42.8 Å². The lowest BCUT2D eigenvalue weighted by Gasteiger charge is -2.00. The molecule has 1 N–H and O–H groups in total. The van der Waals surface area contributed by atoms with E-state index in [0.29, 0.717) is 5.89 Å². The van der Waals surface area contributed by atoms with E-state index in [4.69, 9.17) is 4.42 Å². The lowest BCUT2D eigenvalue weighted by Crippen LogP contribution is -2.11. The van der Waals surface area contributed by atoms with Crippen LogP contribution < -0.4 is 5.32 Å². The van der Waals surface area contributed by atoms with E-state index in [0.717, 1.165) is 29.8 Å². The number of rotatable bonds is 5. The Bertz CT molecular complexity index is 785. The third-order valence-corrected chi connectivity index (χ3v) is 3.54. The molecule has 1 aromatic heterocycles. The Morgan fingerprint density at radius 3 is 2.68 bits per heavy atom. The third-order valence-electron chi connectivity index (χ3n) is 3.54. The molecule has 0 unspecified atom stereocenters. The zero-order valence-corrected chi connectivity index (χ0v) is 13.0. The fourth-order valence-corrected chi connectivity index (χ4v) is 2.28. The number of hydrogen-bond donors (Lipinski definition) is 1. The molecule has 3 rings (SSSR count). The van der Waals surface area contributed by atoms with Gasteiger partial charge < -0.3 is 9.73 Å². The van der Waals surface area contributed by atoms with Gasteiger partial charge in [-0.15, -0.1) is 0 Å². The van der Waals surface area contributed by atoms with Gasteiger partial charge in [0.1, 0.15) is 5.52 Å². The number of fused-ring (bicyclic) bond motifs is 1. The topological polar surface area (TPSA) is 38.1 Å². The molecule has 1 heterocycles. The fourth-order valence-electron chi connectivity index (χ4n) is 2.28. The SMILES string of the molecule is CCNCc1ccc2nc(/C=C/c3ccc(C)cc3)oc2c1. The van der Waals surface area contributed by atoms with Crippen LogP contribution in [0, 0.1) is 6.92 Å². The molecule has 0 saturated heterocycles. The van der Waals surface area contributed by atoms with Crippen molar-refractivity contribution in [3.05, 3.63) is 65.0 Å². The molecule has 0 saturated carbocycles. The molecule has 0 spiro atoms. The van der Waals surface area contributed by atoms with Crippen LogP contribution in [0.1, 0.15) is 29.5 Å². The van der Waals surface area contributed by atoms with E-state index in [9.17, 15) is 0 Å².